The Balaban J connectivity index is 1.70. The summed E-state index contributed by atoms with van der Waals surface area (Å²) in [5, 5.41) is 11.2. The Morgan fingerprint density at radius 1 is 1.36 bits per heavy atom. The Morgan fingerprint density at radius 2 is 2.11 bits per heavy atom. The highest BCUT2D eigenvalue weighted by Crippen LogP contribution is 2.67. The van der Waals surface area contributed by atoms with E-state index in [1.807, 2.05) is 0 Å². The first kappa shape index (κ1) is 20.3. The predicted octanol–water partition coefficient (Wildman–Crippen LogP) is 2.51. The molecule has 1 spiro atoms. The van der Waals surface area contributed by atoms with Gasteiger partial charge in [0.1, 0.15) is 18.0 Å². The summed E-state index contributed by atoms with van der Waals surface area (Å²) in [5.74, 6) is 0.177. The minimum absolute atomic E-state index is 0.0255. The Hall–Kier alpha value is -0.980. The molecule has 4 aliphatic rings. The van der Waals surface area contributed by atoms with Crippen LogP contribution in [0.1, 0.15) is 59.3 Å². The van der Waals surface area contributed by atoms with Crippen LogP contribution in [0.2, 0.25) is 0 Å². The second-order valence-electron chi connectivity index (χ2n) is 9.92. The molecule has 1 N–H and O–H groups in total. The molecule has 0 amide bonds. The standard InChI is InChI=1S/C22H34O6/c1-14-10-18(25)22(13-27-15(2)23)19(17(24)5-8-21(22)12-28-21)20(14,3)7-4-16-6-9-26-11-16/h14,16-17,19,24H,4-13H2,1-3H3/t14-,16+,17+,19-,20+,21+,22-/m1/s1. The number of aliphatic hydroxyl groups excluding tert-OH is 1. The quantitative estimate of drug-likeness (QED) is 0.570. The third-order valence-electron chi connectivity index (χ3n) is 8.51. The van der Waals surface area contributed by atoms with Crippen molar-refractivity contribution in [2.24, 2.45) is 28.6 Å². The summed E-state index contributed by atoms with van der Waals surface area (Å²) < 4.78 is 16.9. The minimum atomic E-state index is -0.927. The van der Waals surface area contributed by atoms with Gasteiger partial charge in [0.2, 0.25) is 0 Å². The van der Waals surface area contributed by atoms with E-state index in [1.54, 1.807) is 0 Å². The largest absolute Gasteiger partial charge is 0.465 e. The first-order valence-electron chi connectivity index (χ1n) is 10.8. The first-order chi connectivity index (χ1) is 13.3. The van der Waals surface area contributed by atoms with Gasteiger partial charge in [-0.15, -0.1) is 0 Å². The Kier molecular flexibility index (Phi) is 5.12. The van der Waals surface area contributed by atoms with Gasteiger partial charge in [0, 0.05) is 32.5 Å². The van der Waals surface area contributed by atoms with E-state index in [1.165, 1.54) is 6.92 Å². The summed E-state index contributed by atoms with van der Waals surface area (Å²) in [6, 6.07) is 0. The van der Waals surface area contributed by atoms with E-state index in [2.05, 4.69) is 13.8 Å². The number of esters is 1. The predicted molar refractivity (Wildman–Crippen MR) is 102 cm³/mol. The lowest BCUT2D eigenvalue weighted by molar-refractivity contribution is -0.203. The van der Waals surface area contributed by atoms with Crippen LogP contribution in [0.15, 0.2) is 0 Å². The molecule has 2 aliphatic heterocycles. The smallest absolute Gasteiger partial charge is 0.302 e. The van der Waals surface area contributed by atoms with Gasteiger partial charge < -0.3 is 19.3 Å². The van der Waals surface area contributed by atoms with E-state index in [0.717, 1.165) is 32.5 Å². The number of fused-ring (bicyclic) bond motifs is 2. The Morgan fingerprint density at radius 3 is 2.71 bits per heavy atom. The molecule has 7 atom stereocenters. The molecule has 0 radical (unpaired) electrons. The van der Waals surface area contributed by atoms with E-state index in [4.69, 9.17) is 14.2 Å². The van der Waals surface area contributed by atoms with Crippen LogP contribution in [0.25, 0.3) is 0 Å². The second kappa shape index (κ2) is 7.06. The second-order valence-corrected chi connectivity index (χ2v) is 9.92. The van der Waals surface area contributed by atoms with Gasteiger partial charge in [-0.2, -0.15) is 0 Å². The number of rotatable bonds is 5. The fourth-order valence-corrected chi connectivity index (χ4v) is 6.55. The number of carbonyl (C=O) groups excluding carboxylic acids is 2. The number of epoxide rings is 1. The molecule has 2 saturated carbocycles. The van der Waals surface area contributed by atoms with Gasteiger partial charge in [0.25, 0.3) is 0 Å². The number of ether oxygens (including phenoxy) is 3. The van der Waals surface area contributed by atoms with Gasteiger partial charge in [-0.05, 0) is 49.4 Å². The van der Waals surface area contributed by atoms with E-state index < -0.39 is 17.1 Å². The number of carbonyl (C=O) groups is 2. The average molecular weight is 395 g/mol. The number of aliphatic hydroxyl groups is 1. The van der Waals surface area contributed by atoms with Crippen molar-refractivity contribution in [1.82, 2.24) is 0 Å². The molecular formula is C22H34O6. The molecule has 0 aromatic rings. The molecule has 0 aromatic heterocycles. The van der Waals surface area contributed by atoms with Gasteiger partial charge >= 0.3 is 5.97 Å². The average Bonchev–Trinajstić information content (AvgIpc) is 3.23. The van der Waals surface area contributed by atoms with Crippen LogP contribution < -0.4 is 0 Å². The number of hydrogen-bond donors (Lipinski definition) is 1. The zero-order valence-corrected chi connectivity index (χ0v) is 17.4. The van der Waals surface area contributed by atoms with Gasteiger partial charge in [-0.1, -0.05) is 13.8 Å². The van der Waals surface area contributed by atoms with Crippen LogP contribution >= 0.6 is 0 Å². The molecule has 28 heavy (non-hydrogen) atoms. The monoisotopic (exact) mass is 394 g/mol. The maximum atomic E-state index is 13.5. The number of ketones is 1. The van der Waals surface area contributed by atoms with Crippen LogP contribution in [0, 0.1) is 28.6 Å². The van der Waals surface area contributed by atoms with Crippen molar-refractivity contribution in [2.75, 3.05) is 26.4 Å². The van der Waals surface area contributed by atoms with Crippen LogP contribution in [0.5, 0.6) is 0 Å². The summed E-state index contributed by atoms with van der Waals surface area (Å²) in [5.41, 5.74) is -1.71. The van der Waals surface area contributed by atoms with Gasteiger partial charge in [0.05, 0.1) is 18.1 Å². The van der Waals surface area contributed by atoms with Crippen molar-refractivity contribution in [3.8, 4) is 0 Å². The van der Waals surface area contributed by atoms with E-state index in [0.29, 0.717) is 31.8 Å². The molecule has 2 heterocycles. The van der Waals surface area contributed by atoms with Crippen LogP contribution in [0.4, 0.5) is 0 Å². The molecular weight excluding hydrogens is 360 g/mol. The summed E-state index contributed by atoms with van der Waals surface area (Å²) in [4.78, 5) is 25.2. The zero-order valence-electron chi connectivity index (χ0n) is 17.4. The summed E-state index contributed by atoms with van der Waals surface area (Å²) in [6.07, 6.45) is 4.22. The number of hydrogen-bond acceptors (Lipinski definition) is 6. The molecule has 6 nitrogen and oxygen atoms in total. The van der Waals surface area contributed by atoms with Gasteiger partial charge in [-0.3, -0.25) is 9.59 Å². The van der Waals surface area contributed by atoms with E-state index in [-0.39, 0.29) is 35.6 Å². The topological polar surface area (TPSA) is 85.4 Å². The van der Waals surface area contributed by atoms with Crippen LogP contribution in [-0.4, -0.2) is 55.0 Å². The van der Waals surface area contributed by atoms with Gasteiger partial charge in [-0.25, -0.2) is 0 Å². The molecule has 2 saturated heterocycles. The van der Waals surface area contributed by atoms with Crippen molar-refractivity contribution in [1.29, 1.82) is 0 Å². The van der Waals surface area contributed by atoms with Crippen LogP contribution in [0.3, 0.4) is 0 Å². The van der Waals surface area contributed by atoms with E-state index in [9.17, 15) is 14.7 Å². The Labute approximate surface area is 167 Å². The molecule has 0 unspecified atom stereocenters. The zero-order chi connectivity index (χ0) is 20.2. The highest BCUT2D eigenvalue weighted by atomic mass is 16.6. The molecule has 2 aliphatic carbocycles. The maximum absolute atomic E-state index is 13.5. The normalized spacial score (nSPS) is 47.8. The first-order valence-corrected chi connectivity index (χ1v) is 10.8. The molecule has 4 rings (SSSR count). The van der Waals surface area contributed by atoms with Crippen molar-refractivity contribution < 1.29 is 28.9 Å². The Bertz CT molecular complexity index is 637. The van der Waals surface area contributed by atoms with Crippen molar-refractivity contribution in [3.63, 3.8) is 0 Å². The van der Waals surface area contributed by atoms with Crippen molar-refractivity contribution in [3.05, 3.63) is 0 Å². The van der Waals surface area contributed by atoms with Crippen LogP contribution in [-0.2, 0) is 23.8 Å². The lowest BCUT2D eigenvalue weighted by Crippen LogP contribution is -2.68. The third-order valence-corrected chi connectivity index (χ3v) is 8.51. The molecule has 4 fully saturated rings. The molecule has 0 aromatic carbocycles. The van der Waals surface area contributed by atoms with E-state index >= 15 is 0 Å². The van der Waals surface area contributed by atoms with Gasteiger partial charge in [0.15, 0.2) is 0 Å². The highest BCUT2D eigenvalue weighted by molar-refractivity contribution is 5.89. The molecule has 158 valence electrons. The summed E-state index contributed by atoms with van der Waals surface area (Å²) >= 11 is 0. The summed E-state index contributed by atoms with van der Waals surface area (Å²) in [6.45, 7) is 7.93. The SMILES string of the molecule is CC(=O)OC[C@@]12C(=O)C[C@@H](C)[C@](C)(CC[C@H]3CCOC3)[C@H]1[C@@H](O)CC[C@]21CO1. The fraction of sp³-hybridized carbons (Fsp3) is 0.909. The minimum Gasteiger partial charge on any atom is -0.465 e. The number of Topliss-reactive ketones (excluding diaryl/α,β-unsaturated/α-hetero) is 1. The molecule has 0 bridgehead atoms. The van der Waals surface area contributed by atoms with Crippen molar-refractivity contribution in [2.45, 2.75) is 71.0 Å². The summed E-state index contributed by atoms with van der Waals surface area (Å²) in [7, 11) is 0. The lowest BCUT2D eigenvalue weighted by Gasteiger charge is -2.61. The fourth-order valence-electron chi connectivity index (χ4n) is 6.55. The highest BCUT2D eigenvalue weighted by Gasteiger charge is 2.76. The third kappa shape index (κ3) is 2.94. The molecule has 6 heteroatoms. The van der Waals surface area contributed by atoms with Crippen molar-refractivity contribution >= 4 is 11.8 Å². The lowest BCUT2D eigenvalue weighted by atomic mass is 9.42. The maximum Gasteiger partial charge on any atom is 0.302 e.